The molecule has 10 amide bonds. The Hall–Kier alpha value is -8.47. The third-order valence-electron chi connectivity index (χ3n) is 18.8. The zero-order chi connectivity index (χ0) is 79.2. The van der Waals surface area contributed by atoms with Crippen molar-refractivity contribution in [1.82, 2.24) is 53.9 Å². The summed E-state index contributed by atoms with van der Waals surface area (Å²) in [5.41, 5.74) is 1.43. The van der Waals surface area contributed by atoms with Crippen LogP contribution in [0.25, 0.3) is 21.5 Å². The Morgan fingerprint density at radius 1 is 0.269 bits per heavy atom. The molecule has 0 fully saturated rings. The molecule has 0 aliphatic heterocycles. The number of unbranched alkanes of at least 4 members (excludes halogenated alkanes) is 8. The highest BCUT2D eigenvalue weighted by Gasteiger charge is 2.33. The summed E-state index contributed by atoms with van der Waals surface area (Å²) >= 11 is 0. The fraction of sp³-hybridized carbons (Fsp3) is 0.617. The number of amides is 10. The van der Waals surface area contributed by atoms with Gasteiger partial charge in [-0.15, -0.1) is 0 Å². The van der Waals surface area contributed by atoms with Crippen LogP contribution in [-0.2, 0) is 89.5 Å². The summed E-state index contributed by atoms with van der Waals surface area (Å²) in [4.78, 5) is 176. The number of rotatable bonds is 57. The Kier molecular flexibility index (Phi) is 44.7. The van der Waals surface area contributed by atoms with Gasteiger partial charge in [-0.1, -0.05) is 164 Å². The first kappa shape index (κ1) is 91.9. The highest BCUT2D eigenvalue weighted by molar-refractivity contribution is 5.96. The Balaban J connectivity index is 1.75. The number of nitrogens with zero attached hydrogens (tertiary/aromatic N) is 11. The first-order chi connectivity index (χ1) is 52.1. The molecule has 0 radical (unpaired) electrons. The van der Waals surface area contributed by atoms with Gasteiger partial charge in [0.05, 0.1) is 91.9 Å². The van der Waals surface area contributed by atoms with Crippen molar-refractivity contribution in [2.24, 2.45) is 0 Å². The standard InChI is InChI=1S/C81H125N11O16/c1-12-16-24-38-83(72(94)55-82(6)42-47-104-7)56-76(98)88(44-49-106-9)58-73(95)85(40-26-18-14-3)62-81(103)92(54-69-35-29-33-67-31-21-23-37-71(67)69)64-79(101)90(46-51-108-11)59-74(96)86(41-27-19-15-4)61-80(102)91(53-68-34-28-32-66-30-20-22-36-70(66)68)63-78(100)84(39-25-17-13-2)57-77(99)89(45-50-107-10)60-75(97)87(43-48-105-8)52-65(5)93/h20-23,28-37H,12-19,24-27,38-64H2,1-11H3. The summed E-state index contributed by atoms with van der Waals surface area (Å²) in [5, 5.41) is 3.43. The lowest BCUT2D eigenvalue weighted by Crippen LogP contribution is -2.53. The molecule has 0 atom stereocenters. The molecule has 4 rings (SSSR count). The number of fused-ring (bicyclic) bond motifs is 2. The summed E-state index contributed by atoms with van der Waals surface area (Å²) in [6.45, 7) is 7.09. The van der Waals surface area contributed by atoms with Gasteiger partial charge < -0.3 is 72.7 Å². The Labute approximate surface area is 641 Å². The van der Waals surface area contributed by atoms with Gasteiger partial charge in [-0.3, -0.25) is 57.6 Å². The number of hydrogen-bond donors (Lipinski definition) is 0. The van der Waals surface area contributed by atoms with Gasteiger partial charge in [0.25, 0.3) is 0 Å². The normalized spacial score (nSPS) is 11.2. The fourth-order valence-corrected chi connectivity index (χ4v) is 12.4. The van der Waals surface area contributed by atoms with Crippen molar-refractivity contribution in [3.63, 3.8) is 0 Å². The number of carbonyl (C=O) groups excluding carboxylic acids is 11. The zero-order valence-electron chi connectivity index (χ0n) is 66.6. The zero-order valence-corrected chi connectivity index (χ0v) is 66.6. The predicted octanol–water partition coefficient (Wildman–Crippen LogP) is 6.49. The predicted molar refractivity (Wildman–Crippen MR) is 417 cm³/mol. The van der Waals surface area contributed by atoms with E-state index in [0.29, 0.717) is 62.9 Å². The van der Waals surface area contributed by atoms with E-state index in [2.05, 4.69) is 6.92 Å². The van der Waals surface area contributed by atoms with Crippen molar-refractivity contribution < 1.29 is 76.4 Å². The van der Waals surface area contributed by atoms with Crippen molar-refractivity contribution >= 4 is 86.4 Å². The molecule has 0 aliphatic rings. The third-order valence-corrected chi connectivity index (χ3v) is 18.8. The molecule has 27 heteroatoms. The topological polar surface area (TPSA) is 270 Å². The molecule has 0 unspecified atom stereocenters. The van der Waals surface area contributed by atoms with Gasteiger partial charge in [0, 0.05) is 108 Å². The average molecular weight is 1510 g/mol. The number of benzene rings is 4. The molecule has 0 bridgehead atoms. The third kappa shape index (κ3) is 33.2. The number of hydrogen-bond acceptors (Lipinski definition) is 17. The van der Waals surface area contributed by atoms with Crippen LogP contribution >= 0.6 is 0 Å². The van der Waals surface area contributed by atoms with Crippen LogP contribution in [0, 0.1) is 0 Å². The molecule has 4 aromatic rings. The van der Waals surface area contributed by atoms with Gasteiger partial charge in [-0.05, 0) is 72.3 Å². The largest absolute Gasteiger partial charge is 0.383 e. The average Bonchev–Trinajstić information content (AvgIpc) is 0.815. The monoisotopic (exact) mass is 1510 g/mol. The minimum Gasteiger partial charge on any atom is -0.383 e. The van der Waals surface area contributed by atoms with Crippen LogP contribution in [0.2, 0.25) is 0 Å². The number of ketones is 1. The first-order valence-electron chi connectivity index (χ1n) is 38.4. The van der Waals surface area contributed by atoms with E-state index < -0.39 is 106 Å². The maximum Gasteiger partial charge on any atom is 0.242 e. The van der Waals surface area contributed by atoms with Crippen LogP contribution in [0.1, 0.15) is 123 Å². The lowest BCUT2D eigenvalue weighted by Gasteiger charge is -2.33. The Morgan fingerprint density at radius 2 is 0.500 bits per heavy atom. The molecule has 27 nitrogen and oxygen atoms in total. The van der Waals surface area contributed by atoms with E-state index in [9.17, 15) is 28.8 Å². The maximum absolute atomic E-state index is 15.4. The molecule has 0 spiro atoms. The highest BCUT2D eigenvalue weighted by atomic mass is 16.5. The quantitative estimate of drug-likeness (QED) is 0.0427. The lowest BCUT2D eigenvalue weighted by atomic mass is 10.0. The second kappa shape index (κ2) is 52.6. The van der Waals surface area contributed by atoms with Crippen molar-refractivity contribution in [1.29, 1.82) is 0 Å². The minimum absolute atomic E-state index is 0.00196. The molecule has 0 N–H and O–H groups in total. The maximum atomic E-state index is 15.4. The smallest absolute Gasteiger partial charge is 0.242 e. The van der Waals surface area contributed by atoms with Gasteiger partial charge in [-0.2, -0.15) is 0 Å². The Bertz CT molecular complexity index is 3420. The van der Waals surface area contributed by atoms with Gasteiger partial charge >= 0.3 is 0 Å². The molecule has 0 heterocycles. The number of carbonyl (C=O) groups is 11. The first-order valence-corrected chi connectivity index (χ1v) is 38.4. The summed E-state index contributed by atoms with van der Waals surface area (Å²) in [6.07, 6.45) is 8.45. The van der Waals surface area contributed by atoms with E-state index in [1.54, 1.807) is 14.2 Å². The van der Waals surface area contributed by atoms with Crippen molar-refractivity contribution in [3.05, 3.63) is 96.1 Å². The summed E-state index contributed by atoms with van der Waals surface area (Å²) in [6, 6.07) is 26.6. The number of methoxy groups -OCH3 is 5. The number of ether oxygens (including phenoxy) is 5. The van der Waals surface area contributed by atoms with E-state index in [1.165, 1.54) is 84.4 Å². The molecule has 0 aromatic heterocycles. The second-order valence-corrected chi connectivity index (χ2v) is 27.5. The molecule has 4 aromatic carbocycles. The van der Waals surface area contributed by atoms with E-state index in [-0.39, 0.29) is 117 Å². The van der Waals surface area contributed by atoms with Gasteiger partial charge in [0.1, 0.15) is 18.9 Å². The van der Waals surface area contributed by atoms with Gasteiger partial charge in [0.15, 0.2) is 0 Å². The van der Waals surface area contributed by atoms with Crippen LogP contribution in [0.15, 0.2) is 84.9 Å². The van der Waals surface area contributed by atoms with Crippen LogP contribution in [0.3, 0.4) is 0 Å². The molecule has 0 saturated carbocycles. The van der Waals surface area contributed by atoms with Crippen molar-refractivity contribution in [2.45, 2.75) is 125 Å². The van der Waals surface area contributed by atoms with Crippen LogP contribution < -0.4 is 0 Å². The molecular weight excluding hydrogens is 1380 g/mol. The van der Waals surface area contributed by atoms with E-state index >= 15 is 24.0 Å². The Morgan fingerprint density at radius 3 is 0.778 bits per heavy atom. The summed E-state index contributed by atoms with van der Waals surface area (Å²) in [7, 11) is 9.28. The van der Waals surface area contributed by atoms with Crippen molar-refractivity contribution in [3.8, 4) is 0 Å². The van der Waals surface area contributed by atoms with Crippen LogP contribution in [0.5, 0.6) is 0 Å². The van der Waals surface area contributed by atoms with E-state index in [1.807, 2.05) is 111 Å². The molecular formula is C81H125N11O16. The molecule has 0 saturated heterocycles. The summed E-state index contributed by atoms with van der Waals surface area (Å²) < 4.78 is 26.7. The number of likely N-dealkylation sites (N-methyl/N-ethyl adjacent to an activating group) is 1. The molecule has 0 aliphatic carbocycles. The van der Waals surface area contributed by atoms with Gasteiger partial charge in [-0.25, -0.2) is 0 Å². The highest BCUT2D eigenvalue weighted by Crippen LogP contribution is 2.23. The van der Waals surface area contributed by atoms with Gasteiger partial charge in [0.2, 0.25) is 59.1 Å². The number of Topliss-reactive ketones (excluding diaryl/α,β-unsaturated/α-hetero) is 1. The lowest BCUT2D eigenvalue weighted by molar-refractivity contribution is -0.149. The molecule has 108 heavy (non-hydrogen) atoms. The minimum atomic E-state index is -0.623. The van der Waals surface area contributed by atoms with Crippen LogP contribution in [-0.4, -0.2) is 325 Å². The summed E-state index contributed by atoms with van der Waals surface area (Å²) in [5.74, 6) is -5.45. The SMILES string of the molecule is CCCCCN(CC(=O)N(CCOC)CC(=O)N(CCCCC)CC(=O)N(CC(=O)N(CCOC)CC(=O)N(CCCCC)CC(=O)N(CC(=O)N(CCCCC)CC(=O)N(CCOC)CC(=O)N(CCOC)CC(C)=O)Cc1cccc2ccccc12)Cc1cccc2ccccc12)C(=O)CN(C)CCOC. The van der Waals surface area contributed by atoms with Crippen LogP contribution in [0.4, 0.5) is 0 Å². The fourth-order valence-electron chi connectivity index (χ4n) is 12.4. The second-order valence-electron chi connectivity index (χ2n) is 27.5. The van der Waals surface area contributed by atoms with E-state index in [0.717, 1.165) is 66.5 Å². The van der Waals surface area contributed by atoms with E-state index in [4.69, 9.17) is 23.7 Å². The molecule has 600 valence electrons. The van der Waals surface area contributed by atoms with Crippen molar-refractivity contribution in [2.75, 3.05) is 207 Å².